The Morgan fingerprint density at radius 2 is 0.971 bits per heavy atom. The predicted octanol–water partition coefficient (Wildman–Crippen LogP) is 15.7. The van der Waals surface area contributed by atoms with Crippen molar-refractivity contribution in [3.63, 3.8) is 0 Å². The molecule has 68 heavy (non-hydrogen) atoms. The van der Waals surface area contributed by atoms with Crippen LogP contribution in [0.25, 0.3) is 99.9 Å². The Bertz CT molecular complexity index is 4090. The Balaban J connectivity index is 0.771. The molecule has 12 aromatic rings. The monoisotopic (exact) mass is 869 g/mol. The molecule has 0 saturated heterocycles. The smallest absolute Gasteiger partial charge is 0.133 e. The Morgan fingerprint density at radius 1 is 0.426 bits per heavy atom. The molecule has 3 aliphatic rings. The first-order valence-electron chi connectivity index (χ1n) is 23.8. The Morgan fingerprint density at radius 3 is 1.59 bits per heavy atom. The van der Waals surface area contributed by atoms with E-state index >= 15 is 0 Å². The Labute approximate surface area is 393 Å². The van der Waals surface area contributed by atoms with Crippen LogP contribution in [0, 0.1) is 0 Å². The van der Waals surface area contributed by atoms with Crippen molar-refractivity contribution in [1.29, 1.82) is 0 Å². The minimum Gasteiger partial charge on any atom is -0.322 e. The van der Waals surface area contributed by atoms with Crippen molar-refractivity contribution in [3.8, 4) is 39.3 Å². The zero-order chi connectivity index (χ0) is 44.5. The lowest BCUT2D eigenvalue weighted by molar-refractivity contribution is 0.670. The maximum Gasteiger partial charge on any atom is 0.133 e. The highest BCUT2D eigenvalue weighted by molar-refractivity contribution is 6.12. The van der Waals surface area contributed by atoms with Crippen molar-refractivity contribution < 1.29 is 0 Å². The van der Waals surface area contributed by atoms with Crippen molar-refractivity contribution in [3.05, 3.63) is 235 Å². The fraction of sp³-hybridized carbons (Fsp3) is 0.0635. The summed E-state index contributed by atoms with van der Waals surface area (Å²) in [6.07, 6.45) is 13.3. The fourth-order valence-corrected chi connectivity index (χ4v) is 12.1. The third-order valence-corrected chi connectivity index (χ3v) is 15.1. The van der Waals surface area contributed by atoms with Gasteiger partial charge in [-0.15, -0.1) is 0 Å². The van der Waals surface area contributed by atoms with Gasteiger partial charge in [0.15, 0.2) is 0 Å². The maximum absolute atomic E-state index is 5.27. The summed E-state index contributed by atoms with van der Waals surface area (Å²) in [7, 11) is 0. The fourth-order valence-electron chi connectivity index (χ4n) is 12.1. The third kappa shape index (κ3) is 5.41. The first-order valence-corrected chi connectivity index (χ1v) is 23.8. The molecule has 5 nitrogen and oxygen atoms in total. The number of hydrogen-bond donors (Lipinski definition) is 0. The molecular formula is C63H43N5. The van der Waals surface area contributed by atoms with E-state index < -0.39 is 0 Å². The second kappa shape index (κ2) is 14.4. The molecule has 4 aromatic heterocycles. The lowest BCUT2D eigenvalue weighted by Gasteiger charge is -2.26. The SMILES string of the molecule is C1=Cc2c(n(-c3ccc(N4c5ccc(-c6ccc7c(c6)c6ccccc6n7-c6ccccc6)cc5C5C=CCC54)nc3)c3ccc(-c4ccc5c(c4)c4ccccc4n5-c4ccccc4)cc23)C1. The summed E-state index contributed by atoms with van der Waals surface area (Å²) in [5, 5.41) is 6.34. The molecule has 0 N–H and O–H groups in total. The first kappa shape index (κ1) is 37.5. The zero-order valence-electron chi connectivity index (χ0n) is 37.2. The van der Waals surface area contributed by atoms with Crippen LogP contribution in [0.5, 0.6) is 0 Å². The summed E-state index contributed by atoms with van der Waals surface area (Å²) < 4.78 is 7.19. The van der Waals surface area contributed by atoms with Crippen molar-refractivity contribution in [1.82, 2.24) is 18.7 Å². The quantitative estimate of drug-likeness (QED) is 0.156. The van der Waals surface area contributed by atoms with E-state index in [1.54, 1.807) is 0 Å². The number of anilines is 2. The minimum absolute atomic E-state index is 0.304. The van der Waals surface area contributed by atoms with Crippen LogP contribution in [-0.4, -0.2) is 24.7 Å². The topological polar surface area (TPSA) is 30.9 Å². The van der Waals surface area contributed by atoms with Crippen LogP contribution in [0.3, 0.4) is 0 Å². The number of para-hydroxylation sites is 4. The number of pyridine rings is 1. The molecule has 5 heteroatoms. The van der Waals surface area contributed by atoms with Crippen LogP contribution >= 0.6 is 0 Å². The molecule has 1 aliphatic heterocycles. The van der Waals surface area contributed by atoms with Crippen molar-refractivity contribution in [2.45, 2.75) is 24.8 Å². The van der Waals surface area contributed by atoms with Gasteiger partial charge >= 0.3 is 0 Å². The molecule has 8 aromatic carbocycles. The molecule has 2 unspecified atom stereocenters. The van der Waals surface area contributed by atoms with E-state index in [-0.39, 0.29) is 0 Å². The number of benzene rings is 8. The van der Waals surface area contributed by atoms with Gasteiger partial charge in [-0.2, -0.15) is 0 Å². The van der Waals surface area contributed by atoms with Gasteiger partial charge in [-0.3, -0.25) is 0 Å². The van der Waals surface area contributed by atoms with E-state index in [0.717, 1.165) is 24.3 Å². The lowest BCUT2D eigenvalue weighted by Crippen LogP contribution is -2.27. The molecule has 0 amide bonds. The van der Waals surface area contributed by atoms with E-state index in [4.69, 9.17) is 4.98 Å². The van der Waals surface area contributed by atoms with Crippen LogP contribution in [0.15, 0.2) is 219 Å². The highest BCUT2D eigenvalue weighted by atomic mass is 15.2. The molecule has 0 saturated carbocycles. The van der Waals surface area contributed by atoms with Crippen LogP contribution < -0.4 is 4.90 Å². The van der Waals surface area contributed by atoms with Crippen LogP contribution in [0.1, 0.15) is 29.2 Å². The van der Waals surface area contributed by atoms with E-state index in [1.165, 1.54) is 111 Å². The molecule has 0 bridgehead atoms. The summed E-state index contributed by atoms with van der Waals surface area (Å²) in [4.78, 5) is 7.77. The molecule has 0 fully saturated rings. The van der Waals surface area contributed by atoms with Gasteiger partial charge in [-0.05, 0) is 131 Å². The van der Waals surface area contributed by atoms with Crippen LogP contribution in [0.2, 0.25) is 0 Å². The summed E-state index contributed by atoms with van der Waals surface area (Å²) in [6, 6.07) is 71.7. The van der Waals surface area contributed by atoms with Gasteiger partial charge in [0.25, 0.3) is 0 Å². The molecule has 2 aliphatic carbocycles. The molecule has 320 valence electrons. The third-order valence-electron chi connectivity index (χ3n) is 15.1. The van der Waals surface area contributed by atoms with Crippen molar-refractivity contribution >= 4 is 72.1 Å². The number of allylic oxidation sites excluding steroid dienone is 1. The highest BCUT2D eigenvalue weighted by Gasteiger charge is 2.40. The van der Waals surface area contributed by atoms with Gasteiger partial charge in [-0.1, -0.05) is 121 Å². The van der Waals surface area contributed by atoms with Gasteiger partial charge in [0.05, 0.1) is 39.5 Å². The van der Waals surface area contributed by atoms with Crippen molar-refractivity contribution in [2.24, 2.45) is 0 Å². The second-order valence-electron chi connectivity index (χ2n) is 18.6. The molecule has 5 heterocycles. The summed E-state index contributed by atoms with van der Waals surface area (Å²) in [6.45, 7) is 0. The maximum atomic E-state index is 5.27. The molecule has 2 atom stereocenters. The summed E-state index contributed by atoms with van der Waals surface area (Å²) >= 11 is 0. The number of fused-ring (bicyclic) bond motifs is 12. The summed E-state index contributed by atoms with van der Waals surface area (Å²) in [5.74, 6) is 1.31. The average Bonchev–Trinajstić information content (AvgIpc) is 4.27. The van der Waals surface area contributed by atoms with Gasteiger partial charge in [0.1, 0.15) is 5.82 Å². The van der Waals surface area contributed by atoms with E-state index in [9.17, 15) is 0 Å². The van der Waals surface area contributed by atoms with E-state index in [1.807, 2.05) is 0 Å². The molecule has 0 spiro atoms. The minimum atomic E-state index is 0.304. The largest absolute Gasteiger partial charge is 0.322 e. The van der Waals surface area contributed by atoms with Gasteiger partial charge < -0.3 is 18.6 Å². The Hall–Kier alpha value is -8.67. The molecule has 0 radical (unpaired) electrons. The average molecular weight is 870 g/mol. The molecular weight excluding hydrogens is 827 g/mol. The number of nitrogens with zero attached hydrogens (tertiary/aromatic N) is 5. The number of hydrogen-bond acceptors (Lipinski definition) is 2. The highest BCUT2D eigenvalue weighted by Crippen LogP contribution is 2.51. The predicted molar refractivity (Wildman–Crippen MR) is 282 cm³/mol. The summed E-state index contributed by atoms with van der Waals surface area (Å²) in [5.41, 5.74) is 19.7. The van der Waals surface area contributed by atoms with Gasteiger partial charge in [-0.25, -0.2) is 4.98 Å². The molecule has 15 rings (SSSR count). The van der Waals surface area contributed by atoms with E-state index in [0.29, 0.717) is 12.0 Å². The van der Waals surface area contributed by atoms with Crippen LogP contribution in [0.4, 0.5) is 11.5 Å². The number of rotatable bonds is 6. The van der Waals surface area contributed by atoms with Gasteiger partial charge in [0.2, 0.25) is 0 Å². The van der Waals surface area contributed by atoms with E-state index in [2.05, 4.69) is 243 Å². The first-order chi connectivity index (χ1) is 33.7. The second-order valence-corrected chi connectivity index (χ2v) is 18.6. The number of aromatic nitrogens is 4. The normalized spacial score (nSPS) is 16.0. The Kier molecular flexibility index (Phi) is 7.96. The van der Waals surface area contributed by atoms with Crippen LogP contribution in [-0.2, 0) is 6.42 Å². The standard InChI is InChI=1S/C63H43N5/c1-3-13-44(14-4-1)65-55-21-9-7-17-47(55)51-35-40(25-30-59(51)65)42-27-32-61-53(37-42)49-19-11-23-57(49)67(61)46-29-34-63(64-39-46)68-58-24-12-20-50(58)54-38-43(28-33-62(54)68)41-26-31-60-52(36-41)48-18-8-10-22-56(48)66(60)45-15-5-2-6-16-45/h1-22,25-39,50,58H,23-24H2. The van der Waals surface area contributed by atoms with Gasteiger partial charge in [0, 0.05) is 73.6 Å². The van der Waals surface area contributed by atoms with Crippen molar-refractivity contribution in [2.75, 3.05) is 4.90 Å². The lowest BCUT2D eigenvalue weighted by atomic mass is 9.94. The zero-order valence-corrected chi connectivity index (χ0v) is 37.2.